The van der Waals surface area contributed by atoms with Crippen molar-refractivity contribution in [2.24, 2.45) is 13.0 Å². The second-order valence-corrected chi connectivity index (χ2v) is 8.17. The first-order valence-corrected chi connectivity index (χ1v) is 10.2. The number of nitrogens with zero attached hydrogens (tertiary/aromatic N) is 5. The Balaban J connectivity index is 1.91. The van der Waals surface area contributed by atoms with Crippen molar-refractivity contribution in [2.75, 3.05) is 0 Å². The molecule has 4 rings (SSSR count). The molecule has 0 amide bonds. The third kappa shape index (κ3) is 3.10. The summed E-state index contributed by atoms with van der Waals surface area (Å²) in [6.07, 6.45) is 3.75. The van der Waals surface area contributed by atoms with Crippen molar-refractivity contribution in [3.05, 3.63) is 74.2 Å². The van der Waals surface area contributed by atoms with E-state index in [0.29, 0.717) is 22.9 Å². The molecule has 0 aliphatic carbocycles. The highest BCUT2D eigenvalue weighted by Gasteiger charge is 2.22. The fourth-order valence-electron chi connectivity index (χ4n) is 3.92. The van der Waals surface area contributed by atoms with Gasteiger partial charge < -0.3 is 4.57 Å². The molecule has 0 bridgehead atoms. The SMILES string of the molecule is Cc1c(C)n2c3c(=O)n(CC=Cc4ccccc4)c(=O)n(C)c3nc2n1CC(C)C. The van der Waals surface area contributed by atoms with Gasteiger partial charge in [-0.25, -0.2) is 4.79 Å². The Morgan fingerprint density at radius 1 is 1.03 bits per heavy atom. The van der Waals surface area contributed by atoms with Crippen molar-refractivity contribution < 1.29 is 0 Å². The van der Waals surface area contributed by atoms with Crippen molar-refractivity contribution in [3.63, 3.8) is 0 Å². The number of rotatable bonds is 5. The van der Waals surface area contributed by atoms with Crippen molar-refractivity contribution in [1.82, 2.24) is 23.1 Å². The predicted molar refractivity (Wildman–Crippen MR) is 120 cm³/mol. The average molecular weight is 406 g/mol. The normalized spacial score (nSPS) is 12.2. The maximum absolute atomic E-state index is 13.4. The van der Waals surface area contributed by atoms with Gasteiger partial charge in [0, 0.05) is 31.5 Å². The molecule has 3 aromatic heterocycles. The van der Waals surface area contributed by atoms with Crippen LogP contribution >= 0.6 is 0 Å². The van der Waals surface area contributed by atoms with Crippen LogP contribution in [0.2, 0.25) is 0 Å². The first kappa shape index (κ1) is 19.9. The maximum Gasteiger partial charge on any atom is 0.332 e. The lowest BCUT2D eigenvalue weighted by molar-refractivity contribution is 0.524. The van der Waals surface area contributed by atoms with E-state index in [9.17, 15) is 9.59 Å². The second-order valence-electron chi connectivity index (χ2n) is 8.17. The molecule has 0 aliphatic rings. The van der Waals surface area contributed by atoms with Gasteiger partial charge in [0.05, 0.1) is 0 Å². The Kier molecular flexibility index (Phi) is 4.97. The number of hydrogen-bond donors (Lipinski definition) is 0. The van der Waals surface area contributed by atoms with Crippen LogP contribution in [0.5, 0.6) is 0 Å². The first-order valence-electron chi connectivity index (χ1n) is 10.2. The highest BCUT2D eigenvalue weighted by Crippen LogP contribution is 2.21. The highest BCUT2D eigenvalue weighted by atomic mass is 16.2. The summed E-state index contributed by atoms with van der Waals surface area (Å²) >= 11 is 0. The number of aryl methyl sites for hydroxylation is 2. The maximum atomic E-state index is 13.4. The largest absolute Gasteiger partial charge is 0.332 e. The van der Waals surface area contributed by atoms with Crippen molar-refractivity contribution >= 4 is 23.0 Å². The third-order valence-electron chi connectivity index (χ3n) is 5.58. The summed E-state index contributed by atoms with van der Waals surface area (Å²) in [7, 11) is 1.67. The van der Waals surface area contributed by atoms with Crippen LogP contribution in [0.4, 0.5) is 0 Å². The molecular weight excluding hydrogens is 378 g/mol. The number of fused-ring (bicyclic) bond motifs is 3. The zero-order valence-electron chi connectivity index (χ0n) is 18.1. The van der Waals surface area contributed by atoms with Crippen LogP contribution in [-0.4, -0.2) is 23.1 Å². The van der Waals surface area contributed by atoms with E-state index in [2.05, 4.69) is 18.4 Å². The topological polar surface area (TPSA) is 66.2 Å². The van der Waals surface area contributed by atoms with E-state index in [1.54, 1.807) is 7.05 Å². The van der Waals surface area contributed by atoms with Gasteiger partial charge in [-0.15, -0.1) is 0 Å². The quantitative estimate of drug-likeness (QED) is 0.512. The molecule has 0 saturated carbocycles. The Hall–Kier alpha value is -3.35. The number of benzene rings is 1. The van der Waals surface area contributed by atoms with Gasteiger partial charge in [-0.3, -0.25) is 18.3 Å². The summed E-state index contributed by atoms with van der Waals surface area (Å²) in [6.45, 7) is 9.33. The molecule has 7 nitrogen and oxygen atoms in total. The van der Waals surface area contributed by atoms with Crippen molar-refractivity contribution in [2.45, 2.75) is 40.8 Å². The van der Waals surface area contributed by atoms with E-state index in [1.165, 1.54) is 9.13 Å². The fraction of sp³-hybridized carbons (Fsp3) is 0.348. The van der Waals surface area contributed by atoms with Gasteiger partial charge >= 0.3 is 5.69 Å². The van der Waals surface area contributed by atoms with Gasteiger partial charge in [-0.1, -0.05) is 56.3 Å². The summed E-state index contributed by atoms with van der Waals surface area (Å²) in [5.74, 6) is 1.14. The van der Waals surface area contributed by atoms with Gasteiger partial charge in [-0.2, -0.15) is 4.98 Å². The number of imidazole rings is 2. The Labute approximate surface area is 174 Å². The highest BCUT2D eigenvalue weighted by molar-refractivity contribution is 5.76. The standard InChI is InChI=1S/C23H27N5O2/c1-15(2)14-27-16(3)17(4)28-19-20(24-22(27)28)25(5)23(30)26(21(19)29)13-9-12-18-10-7-6-8-11-18/h6-12,15H,13-14H2,1-5H3. The first-order chi connectivity index (χ1) is 14.3. The summed E-state index contributed by atoms with van der Waals surface area (Å²) in [5.41, 5.74) is 3.26. The molecule has 30 heavy (non-hydrogen) atoms. The predicted octanol–water partition coefficient (Wildman–Crippen LogP) is 3.14. The number of aromatic nitrogens is 5. The van der Waals surface area contributed by atoms with Crippen molar-refractivity contribution in [3.8, 4) is 0 Å². The molecule has 4 aromatic rings. The number of allylic oxidation sites excluding steroid dienone is 1. The minimum atomic E-state index is -0.365. The summed E-state index contributed by atoms with van der Waals surface area (Å²) in [5, 5.41) is 0. The monoisotopic (exact) mass is 405 g/mol. The molecule has 0 unspecified atom stereocenters. The minimum absolute atomic E-state index is 0.203. The van der Waals surface area contributed by atoms with Crippen LogP contribution in [0.25, 0.3) is 23.0 Å². The lowest BCUT2D eigenvalue weighted by Gasteiger charge is -2.09. The van der Waals surface area contributed by atoms with Gasteiger partial charge in [0.1, 0.15) is 0 Å². The smallest absolute Gasteiger partial charge is 0.314 e. The number of hydrogen-bond acceptors (Lipinski definition) is 3. The minimum Gasteiger partial charge on any atom is -0.314 e. The van der Waals surface area contributed by atoms with Gasteiger partial charge in [0.15, 0.2) is 11.2 Å². The lowest BCUT2D eigenvalue weighted by Crippen LogP contribution is -2.39. The Morgan fingerprint density at radius 2 is 1.73 bits per heavy atom. The summed E-state index contributed by atoms with van der Waals surface area (Å²) in [6, 6.07) is 9.81. The molecule has 0 atom stereocenters. The second kappa shape index (κ2) is 7.48. The van der Waals surface area contributed by atoms with Crippen LogP contribution in [0.1, 0.15) is 30.8 Å². The third-order valence-corrected chi connectivity index (χ3v) is 5.58. The molecule has 0 aliphatic heterocycles. The van der Waals surface area contributed by atoms with Crippen LogP contribution in [0.15, 0.2) is 46.0 Å². The van der Waals surface area contributed by atoms with Crippen molar-refractivity contribution in [1.29, 1.82) is 0 Å². The van der Waals surface area contributed by atoms with Gasteiger partial charge in [0.2, 0.25) is 5.78 Å². The summed E-state index contributed by atoms with van der Waals surface area (Å²) < 4.78 is 6.76. The molecule has 0 fully saturated rings. The Bertz CT molecular complexity index is 1380. The average Bonchev–Trinajstić information content (AvgIpc) is 3.21. The Morgan fingerprint density at radius 3 is 2.40 bits per heavy atom. The van der Waals surface area contributed by atoms with Crippen LogP contribution in [-0.2, 0) is 20.1 Å². The van der Waals surface area contributed by atoms with E-state index >= 15 is 0 Å². The van der Waals surface area contributed by atoms with E-state index in [1.807, 2.05) is 60.7 Å². The van der Waals surface area contributed by atoms with Gasteiger partial charge in [0.25, 0.3) is 5.56 Å². The molecule has 3 heterocycles. The molecular formula is C23H27N5O2. The van der Waals surface area contributed by atoms with Crippen LogP contribution < -0.4 is 11.2 Å². The van der Waals surface area contributed by atoms with Crippen LogP contribution in [0.3, 0.4) is 0 Å². The molecule has 0 saturated heterocycles. The fourth-order valence-corrected chi connectivity index (χ4v) is 3.92. The zero-order chi connectivity index (χ0) is 21.6. The van der Waals surface area contributed by atoms with Gasteiger partial charge in [-0.05, 0) is 25.3 Å². The molecule has 0 spiro atoms. The van der Waals surface area contributed by atoms with E-state index < -0.39 is 0 Å². The molecule has 1 aromatic carbocycles. The van der Waals surface area contributed by atoms with E-state index in [-0.39, 0.29) is 17.8 Å². The summed E-state index contributed by atoms with van der Waals surface area (Å²) in [4.78, 5) is 31.0. The molecule has 0 N–H and O–H groups in total. The molecule has 7 heteroatoms. The molecule has 0 radical (unpaired) electrons. The molecule has 156 valence electrons. The van der Waals surface area contributed by atoms with Crippen LogP contribution in [0, 0.1) is 19.8 Å². The van der Waals surface area contributed by atoms with E-state index in [0.717, 1.165) is 23.5 Å². The van der Waals surface area contributed by atoms with E-state index in [4.69, 9.17) is 4.98 Å². The lowest BCUT2D eigenvalue weighted by atomic mass is 10.2. The zero-order valence-corrected chi connectivity index (χ0v) is 18.1.